The van der Waals surface area contributed by atoms with Crippen LogP contribution in [0, 0.1) is 20.8 Å². The van der Waals surface area contributed by atoms with Gasteiger partial charge in [-0.2, -0.15) is 0 Å². The lowest BCUT2D eigenvalue weighted by Crippen LogP contribution is -2.31. The van der Waals surface area contributed by atoms with Gasteiger partial charge < -0.3 is 11.1 Å². The summed E-state index contributed by atoms with van der Waals surface area (Å²) < 4.78 is 1.57. The zero-order valence-electron chi connectivity index (χ0n) is 12.5. The minimum atomic E-state index is -0.106. The molecular formula is C14H20N4O2S. The molecule has 114 valence electrons. The van der Waals surface area contributed by atoms with Crippen LogP contribution in [0.2, 0.25) is 0 Å². The highest BCUT2D eigenvalue weighted by Gasteiger charge is 2.15. The van der Waals surface area contributed by atoms with Crippen molar-refractivity contribution in [2.45, 2.75) is 33.7 Å². The van der Waals surface area contributed by atoms with E-state index in [0.717, 1.165) is 15.3 Å². The number of nitrogens with one attached hydrogen (secondary N) is 1. The van der Waals surface area contributed by atoms with E-state index in [2.05, 4.69) is 10.3 Å². The van der Waals surface area contributed by atoms with Crippen molar-refractivity contribution in [1.82, 2.24) is 14.9 Å². The first-order chi connectivity index (χ1) is 9.95. The molecule has 0 saturated carbocycles. The van der Waals surface area contributed by atoms with Crippen LogP contribution in [0.4, 0.5) is 0 Å². The lowest BCUT2D eigenvalue weighted by atomic mass is 10.2. The maximum Gasteiger partial charge on any atom is 0.262 e. The van der Waals surface area contributed by atoms with Crippen LogP contribution in [0.5, 0.6) is 0 Å². The molecular weight excluding hydrogens is 288 g/mol. The lowest BCUT2D eigenvalue weighted by molar-refractivity contribution is -0.121. The Hall–Kier alpha value is -1.73. The molecule has 0 aliphatic carbocycles. The molecule has 3 N–H and O–H groups in total. The standard InChI is InChI=1S/C14H20N4O2S/c1-8-9(2)21-13-12(8)14(20)18(10(3)17-13)7-4-11(19)16-6-5-15/h4-7,15H2,1-3H3,(H,16,19). The Morgan fingerprint density at radius 1 is 1.38 bits per heavy atom. The molecule has 2 rings (SSSR count). The summed E-state index contributed by atoms with van der Waals surface area (Å²) in [5, 5.41) is 3.37. The maximum atomic E-state index is 12.6. The molecule has 0 unspecified atom stereocenters. The van der Waals surface area contributed by atoms with Crippen molar-refractivity contribution in [2.75, 3.05) is 13.1 Å². The number of carbonyl (C=O) groups is 1. The molecule has 0 saturated heterocycles. The fourth-order valence-electron chi connectivity index (χ4n) is 2.21. The van der Waals surface area contributed by atoms with Crippen molar-refractivity contribution in [3.8, 4) is 0 Å². The van der Waals surface area contributed by atoms with E-state index < -0.39 is 0 Å². The Kier molecular flexibility index (Phi) is 4.74. The van der Waals surface area contributed by atoms with Crippen LogP contribution in [0.1, 0.15) is 22.7 Å². The van der Waals surface area contributed by atoms with E-state index >= 15 is 0 Å². The maximum absolute atomic E-state index is 12.6. The van der Waals surface area contributed by atoms with Crippen molar-refractivity contribution >= 4 is 27.5 Å². The van der Waals surface area contributed by atoms with E-state index in [-0.39, 0.29) is 17.9 Å². The van der Waals surface area contributed by atoms with Gasteiger partial charge in [-0.3, -0.25) is 14.2 Å². The molecule has 2 aromatic rings. The first-order valence-electron chi connectivity index (χ1n) is 6.89. The molecule has 6 nitrogen and oxygen atoms in total. The van der Waals surface area contributed by atoms with E-state index in [9.17, 15) is 9.59 Å². The van der Waals surface area contributed by atoms with Crippen LogP contribution in [0.15, 0.2) is 4.79 Å². The van der Waals surface area contributed by atoms with Gasteiger partial charge in [0, 0.05) is 30.9 Å². The van der Waals surface area contributed by atoms with Gasteiger partial charge in [-0.15, -0.1) is 11.3 Å². The summed E-state index contributed by atoms with van der Waals surface area (Å²) in [5.41, 5.74) is 6.25. The van der Waals surface area contributed by atoms with Gasteiger partial charge in [-0.1, -0.05) is 0 Å². The largest absolute Gasteiger partial charge is 0.355 e. The number of aryl methyl sites for hydroxylation is 3. The molecule has 0 bridgehead atoms. The fourth-order valence-corrected chi connectivity index (χ4v) is 3.27. The normalized spacial score (nSPS) is 11.0. The zero-order valence-corrected chi connectivity index (χ0v) is 13.3. The van der Waals surface area contributed by atoms with Gasteiger partial charge in [0.05, 0.1) is 5.39 Å². The molecule has 21 heavy (non-hydrogen) atoms. The Balaban J connectivity index is 2.30. The second kappa shape index (κ2) is 6.36. The van der Waals surface area contributed by atoms with Crippen LogP contribution in [-0.2, 0) is 11.3 Å². The smallest absolute Gasteiger partial charge is 0.262 e. The summed E-state index contributed by atoms with van der Waals surface area (Å²) in [6, 6.07) is 0. The van der Waals surface area contributed by atoms with E-state index in [4.69, 9.17) is 5.73 Å². The van der Waals surface area contributed by atoms with Crippen molar-refractivity contribution in [2.24, 2.45) is 5.73 Å². The predicted octanol–water partition coefficient (Wildman–Crippen LogP) is 0.848. The second-order valence-electron chi connectivity index (χ2n) is 4.97. The van der Waals surface area contributed by atoms with Crippen molar-refractivity contribution < 1.29 is 4.79 Å². The highest BCUT2D eigenvalue weighted by Crippen LogP contribution is 2.26. The Labute approximate surface area is 127 Å². The fraction of sp³-hybridized carbons (Fsp3) is 0.500. The zero-order chi connectivity index (χ0) is 15.6. The average molecular weight is 308 g/mol. The van der Waals surface area contributed by atoms with E-state index in [1.165, 1.54) is 11.3 Å². The lowest BCUT2D eigenvalue weighted by Gasteiger charge is -2.09. The third-order valence-electron chi connectivity index (χ3n) is 3.51. The molecule has 2 heterocycles. The van der Waals surface area contributed by atoms with Crippen LogP contribution in [0.25, 0.3) is 10.2 Å². The number of hydrogen-bond acceptors (Lipinski definition) is 5. The number of carbonyl (C=O) groups excluding carboxylic acids is 1. The third-order valence-corrected chi connectivity index (χ3v) is 4.61. The Bertz CT molecular complexity index is 733. The van der Waals surface area contributed by atoms with Gasteiger partial charge in [0.25, 0.3) is 5.56 Å². The summed E-state index contributed by atoms with van der Waals surface area (Å²) in [6.07, 6.45) is 0.246. The van der Waals surface area contributed by atoms with Gasteiger partial charge in [0.1, 0.15) is 10.7 Å². The van der Waals surface area contributed by atoms with E-state index in [1.54, 1.807) is 11.5 Å². The van der Waals surface area contributed by atoms with Crippen LogP contribution in [0.3, 0.4) is 0 Å². The molecule has 0 spiro atoms. The SMILES string of the molecule is Cc1sc2nc(C)n(CCC(=O)NCCN)c(=O)c2c1C. The van der Waals surface area contributed by atoms with Crippen molar-refractivity contribution in [3.63, 3.8) is 0 Å². The number of nitrogens with two attached hydrogens (primary N) is 1. The van der Waals surface area contributed by atoms with Crippen molar-refractivity contribution in [1.29, 1.82) is 0 Å². The first kappa shape index (κ1) is 15.7. The third kappa shape index (κ3) is 3.14. The summed E-state index contributed by atoms with van der Waals surface area (Å²) in [7, 11) is 0. The van der Waals surface area contributed by atoms with Crippen LogP contribution < -0.4 is 16.6 Å². The summed E-state index contributed by atoms with van der Waals surface area (Å²) >= 11 is 1.53. The number of thiophene rings is 1. The molecule has 2 aromatic heterocycles. The highest BCUT2D eigenvalue weighted by molar-refractivity contribution is 7.18. The minimum Gasteiger partial charge on any atom is -0.355 e. The monoisotopic (exact) mass is 308 g/mol. The number of fused-ring (bicyclic) bond motifs is 1. The first-order valence-corrected chi connectivity index (χ1v) is 7.71. The van der Waals surface area contributed by atoms with Crippen LogP contribution >= 0.6 is 11.3 Å². The summed E-state index contributed by atoms with van der Waals surface area (Å²) in [6.45, 7) is 6.91. The average Bonchev–Trinajstić information content (AvgIpc) is 2.71. The quantitative estimate of drug-likeness (QED) is 0.857. The van der Waals surface area contributed by atoms with Gasteiger partial charge in [-0.05, 0) is 26.3 Å². The summed E-state index contributed by atoms with van der Waals surface area (Å²) in [4.78, 5) is 30.6. The number of amides is 1. The Morgan fingerprint density at radius 3 is 2.76 bits per heavy atom. The van der Waals surface area contributed by atoms with Crippen LogP contribution in [-0.4, -0.2) is 28.5 Å². The molecule has 0 fully saturated rings. The van der Waals surface area contributed by atoms with E-state index in [1.807, 2.05) is 13.8 Å². The number of nitrogens with zero attached hydrogens (tertiary/aromatic N) is 2. The Morgan fingerprint density at radius 2 is 2.10 bits per heavy atom. The number of aromatic nitrogens is 2. The molecule has 0 aliphatic rings. The molecule has 0 atom stereocenters. The molecule has 7 heteroatoms. The van der Waals surface area contributed by atoms with Gasteiger partial charge in [0.2, 0.25) is 5.91 Å². The minimum absolute atomic E-state index is 0.0639. The second-order valence-corrected chi connectivity index (χ2v) is 6.17. The van der Waals surface area contributed by atoms with Gasteiger partial charge in [0.15, 0.2) is 0 Å². The van der Waals surface area contributed by atoms with Gasteiger partial charge in [-0.25, -0.2) is 4.98 Å². The molecule has 0 aliphatic heterocycles. The van der Waals surface area contributed by atoms with Crippen molar-refractivity contribution in [3.05, 3.63) is 26.6 Å². The summed E-state index contributed by atoms with van der Waals surface area (Å²) in [5.74, 6) is 0.533. The molecule has 1 amide bonds. The molecule has 0 aromatic carbocycles. The number of hydrogen-bond donors (Lipinski definition) is 2. The highest BCUT2D eigenvalue weighted by atomic mass is 32.1. The number of rotatable bonds is 5. The molecule has 0 radical (unpaired) electrons. The topological polar surface area (TPSA) is 90.0 Å². The predicted molar refractivity (Wildman–Crippen MR) is 84.8 cm³/mol. The van der Waals surface area contributed by atoms with E-state index in [0.29, 0.717) is 30.8 Å². The van der Waals surface area contributed by atoms with Gasteiger partial charge >= 0.3 is 0 Å².